The molecule has 0 aliphatic carbocycles. The van der Waals surface area contributed by atoms with Crippen molar-refractivity contribution >= 4 is 11.9 Å². The molecule has 1 atom stereocenters. The monoisotopic (exact) mass is 211 g/mol. The number of aryl methyl sites for hydroxylation is 1. The second kappa shape index (κ2) is 4.63. The Morgan fingerprint density at radius 3 is 2.60 bits per heavy atom. The molecule has 1 rings (SSSR count). The lowest BCUT2D eigenvalue weighted by molar-refractivity contribution is -0.137. The second-order valence-corrected chi connectivity index (χ2v) is 3.30. The maximum Gasteiger partial charge on any atom is 0.305 e. The Bertz CT molecular complexity index is 353. The van der Waals surface area contributed by atoms with Crippen LogP contribution in [0.4, 0.5) is 0 Å². The van der Waals surface area contributed by atoms with Gasteiger partial charge in [-0.1, -0.05) is 0 Å². The first kappa shape index (κ1) is 11.3. The van der Waals surface area contributed by atoms with Crippen LogP contribution in [0.2, 0.25) is 0 Å². The summed E-state index contributed by atoms with van der Waals surface area (Å²) < 4.78 is 5.27. The molecule has 0 fully saturated rings. The SMILES string of the molecule is CC(=O)NC(CC(=O)O)c1ccc(C)o1. The number of carboxylic acids is 1. The molecule has 0 aromatic carbocycles. The van der Waals surface area contributed by atoms with Crippen LogP contribution in [0, 0.1) is 6.92 Å². The maximum atomic E-state index is 10.9. The van der Waals surface area contributed by atoms with Crippen molar-refractivity contribution in [2.24, 2.45) is 0 Å². The Kier molecular flexibility index (Phi) is 3.49. The number of furan rings is 1. The van der Waals surface area contributed by atoms with E-state index in [1.807, 2.05) is 0 Å². The number of carboxylic acid groups (broad SMARTS) is 1. The van der Waals surface area contributed by atoms with Crippen molar-refractivity contribution in [3.63, 3.8) is 0 Å². The quantitative estimate of drug-likeness (QED) is 0.785. The second-order valence-electron chi connectivity index (χ2n) is 3.30. The lowest BCUT2D eigenvalue weighted by Crippen LogP contribution is -2.27. The smallest absolute Gasteiger partial charge is 0.305 e. The Labute approximate surface area is 87.1 Å². The zero-order valence-electron chi connectivity index (χ0n) is 8.61. The van der Waals surface area contributed by atoms with Gasteiger partial charge in [-0.3, -0.25) is 9.59 Å². The highest BCUT2D eigenvalue weighted by Crippen LogP contribution is 2.19. The molecule has 2 N–H and O–H groups in total. The number of rotatable bonds is 4. The van der Waals surface area contributed by atoms with Gasteiger partial charge in [0, 0.05) is 6.92 Å². The molecule has 1 heterocycles. The van der Waals surface area contributed by atoms with Crippen molar-refractivity contribution in [2.75, 3.05) is 0 Å². The van der Waals surface area contributed by atoms with Gasteiger partial charge < -0.3 is 14.8 Å². The van der Waals surface area contributed by atoms with E-state index in [-0.39, 0.29) is 12.3 Å². The minimum atomic E-state index is -0.984. The minimum Gasteiger partial charge on any atom is -0.481 e. The molecular weight excluding hydrogens is 198 g/mol. The molecule has 1 unspecified atom stereocenters. The summed E-state index contributed by atoms with van der Waals surface area (Å²) in [6.07, 6.45) is -0.188. The van der Waals surface area contributed by atoms with Crippen LogP contribution in [0.5, 0.6) is 0 Å². The Hall–Kier alpha value is -1.78. The molecular formula is C10H13NO4. The molecule has 1 aromatic heterocycles. The molecule has 0 bridgehead atoms. The number of hydrogen-bond donors (Lipinski definition) is 2. The molecule has 15 heavy (non-hydrogen) atoms. The first-order chi connectivity index (χ1) is 6.99. The average molecular weight is 211 g/mol. The summed E-state index contributed by atoms with van der Waals surface area (Å²) in [5.41, 5.74) is 0. The fourth-order valence-electron chi connectivity index (χ4n) is 1.28. The van der Waals surface area contributed by atoms with E-state index in [1.54, 1.807) is 19.1 Å². The van der Waals surface area contributed by atoms with Crippen LogP contribution in [0.1, 0.15) is 30.9 Å². The van der Waals surface area contributed by atoms with E-state index in [0.29, 0.717) is 11.5 Å². The summed E-state index contributed by atoms with van der Waals surface area (Å²) >= 11 is 0. The standard InChI is InChI=1S/C10H13NO4/c1-6-3-4-9(15-6)8(5-10(13)14)11-7(2)12/h3-4,8H,5H2,1-2H3,(H,11,12)(H,13,14). The average Bonchev–Trinajstić information content (AvgIpc) is 2.48. The predicted molar refractivity (Wildman–Crippen MR) is 52.3 cm³/mol. The fourth-order valence-corrected chi connectivity index (χ4v) is 1.28. The molecule has 0 radical (unpaired) electrons. The highest BCUT2D eigenvalue weighted by molar-refractivity contribution is 5.75. The third kappa shape index (κ3) is 3.46. The van der Waals surface area contributed by atoms with Gasteiger partial charge >= 0.3 is 5.97 Å². The fraction of sp³-hybridized carbons (Fsp3) is 0.400. The maximum absolute atomic E-state index is 10.9. The van der Waals surface area contributed by atoms with E-state index < -0.39 is 12.0 Å². The molecule has 82 valence electrons. The molecule has 0 aliphatic heterocycles. The predicted octanol–water partition coefficient (Wildman–Crippen LogP) is 1.24. The highest BCUT2D eigenvalue weighted by atomic mass is 16.4. The number of hydrogen-bond acceptors (Lipinski definition) is 3. The van der Waals surface area contributed by atoms with Crippen LogP contribution in [-0.2, 0) is 9.59 Å². The number of carbonyl (C=O) groups excluding carboxylic acids is 1. The van der Waals surface area contributed by atoms with Crippen molar-refractivity contribution in [3.05, 3.63) is 23.7 Å². The molecule has 0 saturated heterocycles. The van der Waals surface area contributed by atoms with Crippen molar-refractivity contribution in [2.45, 2.75) is 26.3 Å². The van der Waals surface area contributed by atoms with Gasteiger partial charge in [-0.2, -0.15) is 0 Å². The lowest BCUT2D eigenvalue weighted by atomic mass is 10.1. The van der Waals surface area contributed by atoms with Crippen molar-refractivity contribution in [3.8, 4) is 0 Å². The number of aliphatic carboxylic acids is 1. The van der Waals surface area contributed by atoms with Crippen LogP contribution >= 0.6 is 0 Å². The van der Waals surface area contributed by atoms with Crippen molar-refractivity contribution in [1.82, 2.24) is 5.32 Å². The van der Waals surface area contributed by atoms with E-state index in [2.05, 4.69) is 5.32 Å². The third-order valence-electron chi connectivity index (χ3n) is 1.86. The summed E-state index contributed by atoms with van der Waals surface area (Å²) in [6, 6.07) is 2.79. The van der Waals surface area contributed by atoms with Crippen LogP contribution in [0.3, 0.4) is 0 Å². The van der Waals surface area contributed by atoms with Crippen LogP contribution in [0.25, 0.3) is 0 Å². The van der Waals surface area contributed by atoms with Crippen molar-refractivity contribution < 1.29 is 19.1 Å². The van der Waals surface area contributed by atoms with Gasteiger partial charge in [0.25, 0.3) is 0 Å². The summed E-state index contributed by atoms with van der Waals surface area (Å²) in [7, 11) is 0. The van der Waals surface area contributed by atoms with E-state index in [9.17, 15) is 9.59 Å². The van der Waals surface area contributed by atoms with E-state index >= 15 is 0 Å². The van der Waals surface area contributed by atoms with Gasteiger partial charge in [0.1, 0.15) is 11.5 Å². The molecule has 0 aliphatic rings. The number of carbonyl (C=O) groups is 2. The van der Waals surface area contributed by atoms with E-state index in [4.69, 9.17) is 9.52 Å². The van der Waals surface area contributed by atoms with Gasteiger partial charge in [0.2, 0.25) is 5.91 Å². The molecule has 5 heteroatoms. The van der Waals surface area contributed by atoms with Gasteiger partial charge in [0.05, 0.1) is 12.5 Å². The first-order valence-corrected chi connectivity index (χ1v) is 4.54. The highest BCUT2D eigenvalue weighted by Gasteiger charge is 2.19. The minimum absolute atomic E-state index is 0.188. The molecule has 0 spiro atoms. The normalized spacial score (nSPS) is 12.1. The Morgan fingerprint density at radius 1 is 1.53 bits per heavy atom. The summed E-state index contributed by atoms with van der Waals surface area (Å²) in [4.78, 5) is 21.4. The number of nitrogens with one attached hydrogen (secondary N) is 1. The number of amides is 1. The Balaban J connectivity index is 2.80. The summed E-state index contributed by atoms with van der Waals surface area (Å²) in [6.45, 7) is 3.10. The third-order valence-corrected chi connectivity index (χ3v) is 1.86. The van der Waals surface area contributed by atoms with Gasteiger partial charge in [-0.25, -0.2) is 0 Å². The zero-order valence-corrected chi connectivity index (χ0v) is 8.61. The largest absolute Gasteiger partial charge is 0.481 e. The van der Waals surface area contributed by atoms with Crippen LogP contribution in [0.15, 0.2) is 16.5 Å². The lowest BCUT2D eigenvalue weighted by Gasteiger charge is -2.12. The summed E-state index contributed by atoms with van der Waals surface area (Å²) in [5, 5.41) is 11.2. The molecule has 5 nitrogen and oxygen atoms in total. The molecule has 1 amide bonds. The topological polar surface area (TPSA) is 79.5 Å². The van der Waals surface area contributed by atoms with E-state index in [0.717, 1.165) is 0 Å². The molecule has 0 saturated carbocycles. The van der Waals surface area contributed by atoms with Gasteiger partial charge in [0.15, 0.2) is 0 Å². The molecule has 1 aromatic rings. The van der Waals surface area contributed by atoms with Crippen molar-refractivity contribution in [1.29, 1.82) is 0 Å². The zero-order chi connectivity index (χ0) is 11.4. The van der Waals surface area contributed by atoms with E-state index in [1.165, 1.54) is 6.92 Å². The Morgan fingerprint density at radius 2 is 2.20 bits per heavy atom. The van der Waals surface area contributed by atoms with Gasteiger partial charge in [-0.15, -0.1) is 0 Å². The summed E-state index contributed by atoms with van der Waals surface area (Å²) in [5.74, 6) is -0.117. The van der Waals surface area contributed by atoms with Gasteiger partial charge in [-0.05, 0) is 19.1 Å². The first-order valence-electron chi connectivity index (χ1n) is 4.54. The van der Waals surface area contributed by atoms with Crippen LogP contribution < -0.4 is 5.32 Å². The van der Waals surface area contributed by atoms with Crippen LogP contribution in [-0.4, -0.2) is 17.0 Å².